The summed E-state index contributed by atoms with van der Waals surface area (Å²) < 4.78 is 11.5. The molecule has 0 N–H and O–H groups in total. The zero-order chi connectivity index (χ0) is 27.5. The highest BCUT2D eigenvalue weighted by Crippen LogP contribution is 2.33. The summed E-state index contributed by atoms with van der Waals surface area (Å²) in [5.74, 6) is -0.611. The highest BCUT2D eigenvalue weighted by Gasteiger charge is 2.41. The molecule has 1 fully saturated rings. The lowest BCUT2D eigenvalue weighted by Gasteiger charge is -2.15. The number of furan rings is 1. The SMILES string of the molecule is Cc1ccc(-c2cnnc(SC3CC(=O)N(c4ccc(C(=O)OCC(=O)c5ccc(Br)cc5)cc4)C3=O)n2)o1. The third-order valence-electron chi connectivity index (χ3n) is 5.75. The van der Waals surface area contributed by atoms with Crippen molar-refractivity contribution >= 4 is 56.9 Å². The molecule has 1 unspecified atom stereocenters. The van der Waals surface area contributed by atoms with Crippen LogP contribution in [0.2, 0.25) is 0 Å². The lowest BCUT2D eigenvalue weighted by molar-refractivity contribution is -0.121. The molecule has 0 spiro atoms. The Morgan fingerprint density at radius 3 is 2.46 bits per heavy atom. The standard InChI is InChI=1S/C27H19BrN4O6S/c1-15-2-11-22(38-15)20-13-29-31-27(30-20)39-23-12-24(34)32(25(23)35)19-9-5-17(6-10-19)26(36)37-14-21(33)16-3-7-18(28)8-4-16/h2-11,13,23H,12,14H2,1H3. The number of thioether (sulfide) groups is 1. The van der Waals surface area contributed by atoms with Crippen molar-refractivity contribution in [3.63, 3.8) is 0 Å². The van der Waals surface area contributed by atoms with Crippen LogP contribution in [0.4, 0.5) is 5.69 Å². The molecule has 2 amide bonds. The molecule has 1 aliphatic rings. The number of hydrogen-bond acceptors (Lipinski definition) is 10. The Kier molecular flexibility index (Phi) is 7.66. The second kappa shape index (κ2) is 11.3. The summed E-state index contributed by atoms with van der Waals surface area (Å²) in [7, 11) is 0. The van der Waals surface area contributed by atoms with Gasteiger partial charge >= 0.3 is 5.97 Å². The van der Waals surface area contributed by atoms with Crippen molar-refractivity contribution in [1.29, 1.82) is 0 Å². The molecule has 0 bridgehead atoms. The van der Waals surface area contributed by atoms with E-state index in [4.69, 9.17) is 9.15 Å². The molecule has 1 atom stereocenters. The van der Waals surface area contributed by atoms with Crippen LogP contribution < -0.4 is 4.90 Å². The van der Waals surface area contributed by atoms with Crippen LogP contribution in [-0.2, 0) is 14.3 Å². The number of anilines is 1. The summed E-state index contributed by atoms with van der Waals surface area (Å²) >= 11 is 4.35. The number of aromatic nitrogens is 3. The number of rotatable bonds is 8. The molecule has 1 saturated heterocycles. The number of ether oxygens (including phenoxy) is 1. The van der Waals surface area contributed by atoms with Gasteiger partial charge in [0.05, 0.1) is 17.4 Å². The highest BCUT2D eigenvalue weighted by atomic mass is 79.9. The van der Waals surface area contributed by atoms with Gasteiger partial charge < -0.3 is 9.15 Å². The zero-order valence-corrected chi connectivity index (χ0v) is 22.8. The first-order chi connectivity index (χ1) is 18.8. The van der Waals surface area contributed by atoms with Gasteiger partial charge in [-0.2, -0.15) is 5.10 Å². The Hall–Kier alpha value is -4.16. The van der Waals surface area contributed by atoms with Crippen LogP contribution in [-0.4, -0.2) is 50.6 Å². The molecule has 196 valence electrons. The lowest BCUT2D eigenvalue weighted by atomic mass is 10.1. The third kappa shape index (κ3) is 5.96. The number of aryl methyl sites for hydroxylation is 1. The molecule has 0 aliphatic carbocycles. The number of carbonyl (C=O) groups excluding carboxylic acids is 4. The van der Waals surface area contributed by atoms with Gasteiger partial charge in [0.1, 0.15) is 16.7 Å². The Balaban J connectivity index is 1.21. The highest BCUT2D eigenvalue weighted by molar-refractivity contribution is 9.10. The van der Waals surface area contributed by atoms with Gasteiger partial charge in [-0.1, -0.05) is 39.8 Å². The van der Waals surface area contributed by atoms with Crippen molar-refractivity contribution in [2.45, 2.75) is 23.8 Å². The molecule has 1 aliphatic heterocycles. The summed E-state index contributed by atoms with van der Waals surface area (Å²) in [6, 6.07) is 16.1. The summed E-state index contributed by atoms with van der Waals surface area (Å²) in [6.07, 6.45) is 1.42. The first-order valence-corrected chi connectivity index (χ1v) is 13.3. The van der Waals surface area contributed by atoms with Crippen LogP contribution in [0.15, 0.2) is 80.9 Å². The van der Waals surface area contributed by atoms with E-state index in [2.05, 4.69) is 31.1 Å². The average molecular weight is 607 g/mol. The summed E-state index contributed by atoms with van der Waals surface area (Å²) in [6.45, 7) is 1.40. The minimum Gasteiger partial charge on any atom is -0.460 e. The van der Waals surface area contributed by atoms with E-state index in [1.807, 2.05) is 6.92 Å². The number of carbonyl (C=O) groups is 4. The third-order valence-corrected chi connectivity index (χ3v) is 7.31. The minimum atomic E-state index is -0.734. The minimum absolute atomic E-state index is 0.0427. The fraction of sp³-hybridized carbons (Fsp3) is 0.148. The summed E-state index contributed by atoms with van der Waals surface area (Å²) in [5, 5.41) is 7.42. The molecular formula is C27H19BrN4O6S. The van der Waals surface area contributed by atoms with E-state index in [9.17, 15) is 19.2 Å². The smallest absolute Gasteiger partial charge is 0.338 e. The van der Waals surface area contributed by atoms with E-state index in [-0.39, 0.29) is 22.9 Å². The van der Waals surface area contributed by atoms with E-state index < -0.39 is 29.6 Å². The number of hydrogen-bond donors (Lipinski definition) is 0. The first-order valence-electron chi connectivity index (χ1n) is 11.6. The maximum Gasteiger partial charge on any atom is 0.338 e. The number of imide groups is 1. The van der Waals surface area contributed by atoms with Gasteiger partial charge in [-0.05, 0) is 55.5 Å². The van der Waals surface area contributed by atoms with Crippen LogP contribution in [0.5, 0.6) is 0 Å². The molecular weight excluding hydrogens is 588 g/mol. The van der Waals surface area contributed by atoms with E-state index >= 15 is 0 Å². The fourth-order valence-corrected chi connectivity index (χ4v) is 5.00. The van der Waals surface area contributed by atoms with Crippen LogP contribution in [0.1, 0.15) is 32.9 Å². The normalized spacial score (nSPS) is 15.0. The second-order valence-electron chi connectivity index (χ2n) is 8.47. The molecule has 0 radical (unpaired) electrons. The predicted octanol–water partition coefficient (Wildman–Crippen LogP) is 4.67. The monoisotopic (exact) mass is 606 g/mol. The predicted molar refractivity (Wildman–Crippen MR) is 144 cm³/mol. The van der Waals surface area contributed by atoms with Crippen molar-refractivity contribution < 1.29 is 28.3 Å². The Morgan fingerprint density at radius 2 is 1.77 bits per heavy atom. The first kappa shape index (κ1) is 26.4. The summed E-state index contributed by atoms with van der Waals surface area (Å²) in [4.78, 5) is 55.9. The van der Waals surface area contributed by atoms with Gasteiger partial charge in [0.15, 0.2) is 18.2 Å². The molecule has 2 aromatic carbocycles. The van der Waals surface area contributed by atoms with Gasteiger partial charge in [-0.3, -0.25) is 14.4 Å². The van der Waals surface area contributed by atoms with Gasteiger partial charge in [-0.25, -0.2) is 14.7 Å². The van der Waals surface area contributed by atoms with Crippen molar-refractivity contribution in [1.82, 2.24) is 15.2 Å². The lowest BCUT2D eigenvalue weighted by Crippen LogP contribution is -2.31. The molecule has 3 heterocycles. The Labute approximate surface area is 234 Å². The number of halogens is 1. The van der Waals surface area contributed by atoms with Gasteiger partial charge in [-0.15, -0.1) is 5.10 Å². The number of nitrogens with zero attached hydrogens (tertiary/aromatic N) is 4. The fourth-order valence-electron chi connectivity index (χ4n) is 3.80. The number of esters is 1. The Morgan fingerprint density at radius 1 is 1.05 bits per heavy atom. The van der Waals surface area contributed by atoms with Gasteiger partial charge in [0.2, 0.25) is 17.0 Å². The van der Waals surface area contributed by atoms with E-state index in [0.717, 1.165) is 26.9 Å². The largest absolute Gasteiger partial charge is 0.460 e. The molecule has 4 aromatic rings. The van der Waals surface area contributed by atoms with Crippen molar-refractivity contribution in [2.75, 3.05) is 11.5 Å². The number of amides is 2. The molecule has 0 saturated carbocycles. The van der Waals surface area contributed by atoms with Crippen LogP contribution >= 0.6 is 27.7 Å². The summed E-state index contributed by atoms with van der Waals surface area (Å²) in [5.41, 5.74) is 1.38. The van der Waals surface area contributed by atoms with Crippen LogP contribution in [0.3, 0.4) is 0 Å². The second-order valence-corrected chi connectivity index (χ2v) is 10.6. The zero-order valence-electron chi connectivity index (χ0n) is 20.4. The maximum atomic E-state index is 13.1. The molecule has 12 heteroatoms. The van der Waals surface area contributed by atoms with E-state index in [1.165, 1.54) is 30.5 Å². The number of Topliss-reactive ketones (excluding diaryl/α,β-unsaturated/α-hetero) is 1. The van der Waals surface area contributed by atoms with Crippen molar-refractivity contribution in [2.24, 2.45) is 0 Å². The van der Waals surface area contributed by atoms with Crippen molar-refractivity contribution in [3.8, 4) is 11.5 Å². The molecule has 10 nitrogen and oxygen atoms in total. The van der Waals surface area contributed by atoms with Crippen LogP contribution in [0.25, 0.3) is 11.5 Å². The van der Waals surface area contributed by atoms with E-state index in [1.54, 1.807) is 36.4 Å². The number of benzene rings is 2. The quantitative estimate of drug-likeness (QED) is 0.158. The molecule has 2 aromatic heterocycles. The van der Waals surface area contributed by atoms with Gasteiger partial charge in [0.25, 0.3) is 0 Å². The van der Waals surface area contributed by atoms with Crippen LogP contribution in [0, 0.1) is 6.92 Å². The number of ketones is 1. The Bertz CT molecular complexity index is 1570. The molecule has 5 rings (SSSR count). The van der Waals surface area contributed by atoms with E-state index in [0.29, 0.717) is 22.7 Å². The molecule has 39 heavy (non-hydrogen) atoms. The van der Waals surface area contributed by atoms with Gasteiger partial charge in [0, 0.05) is 16.5 Å². The maximum absolute atomic E-state index is 13.1. The van der Waals surface area contributed by atoms with Crippen molar-refractivity contribution in [3.05, 3.63) is 88.2 Å². The topological polar surface area (TPSA) is 133 Å². The average Bonchev–Trinajstić information content (AvgIpc) is 3.49.